The van der Waals surface area contributed by atoms with E-state index in [2.05, 4.69) is 11.4 Å². The van der Waals surface area contributed by atoms with E-state index in [-0.39, 0.29) is 12.3 Å². The van der Waals surface area contributed by atoms with Crippen molar-refractivity contribution in [2.45, 2.75) is 18.1 Å². The van der Waals surface area contributed by atoms with Gasteiger partial charge in [0.1, 0.15) is 5.82 Å². The van der Waals surface area contributed by atoms with Crippen LogP contribution < -0.4 is 5.32 Å². The van der Waals surface area contributed by atoms with E-state index in [4.69, 9.17) is 11.6 Å². The quantitative estimate of drug-likeness (QED) is 0.842. The highest BCUT2D eigenvalue weighted by Gasteiger charge is 2.31. The van der Waals surface area contributed by atoms with E-state index in [0.29, 0.717) is 26.9 Å². The fourth-order valence-corrected chi connectivity index (χ4v) is 3.85. The van der Waals surface area contributed by atoms with Crippen molar-refractivity contribution in [1.29, 1.82) is 5.26 Å². The summed E-state index contributed by atoms with van der Waals surface area (Å²) in [6, 6.07) is 15.8. The number of allylic oxidation sites excluding steroid dienone is 1. The summed E-state index contributed by atoms with van der Waals surface area (Å²) in [6.07, 6.45) is 0.0643. The summed E-state index contributed by atoms with van der Waals surface area (Å²) in [4.78, 5) is 12.1. The second kappa shape index (κ2) is 7.73. The van der Waals surface area contributed by atoms with Gasteiger partial charge in [-0.15, -0.1) is 11.8 Å². The SMILES string of the molecule is N#CC1=C(SCc2ccc(Cl)cc2)NC(=O)CC1c1ccccc1F. The van der Waals surface area contributed by atoms with Gasteiger partial charge >= 0.3 is 0 Å². The highest BCUT2D eigenvalue weighted by Crippen LogP contribution is 2.37. The minimum absolute atomic E-state index is 0.0643. The fraction of sp³-hybridized carbons (Fsp3) is 0.158. The summed E-state index contributed by atoms with van der Waals surface area (Å²) in [5.41, 5.74) is 1.78. The van der Waals surface area contributed by atoms with E-state index in [1.165, 1.54) is 17.8 Å². The average Bonchev–Trinajstić information content (AvgIpc) is 2.61. The highest BCUT2D eigenvalue weighted by atomic mass is 35.5. The number of rotatable bonds is 4. The minimum atomic E-state index is -0.562. The molecule has 0 saturated heterocycles. The van der Waals surface area contributed by atoms with Crippen molar-refractivity contribution in [3.05, 3.63) is 81.1 Å². The molecule has 0 aliphatic carbocycles. The van der Waals surface area contributed by atoms with Gasteiger partial charge in [0, 0.05) is 23.1 Å². The van der Waals surface area contributed by atoms with Crippen LogP contribution in [0.15, 0.2) is 59.1 Å². The summed E-state index contributed by atoms with van der Waals surface area (Å²) in [6.45, 7) is 0. The molecule has 2 aromatic rings. The van der Waals surface area contributed by atoms with E-state index < -0.39 is 11.7 Å². The summed E-state index contributed by atoms with van der Waals surface area (Å²) in [5, 5.41) is 13.5. The summed E-state index contributed by atoms with van der Waals surface area (Å²) in [5.74, 6) is -0.613. The molecular weight excluding hydrogens is 359 g/mol. The van der Waals surface area contributed by atoms with Crippen molar-refractivity contribution in [2.24, 2.45) is 0 Å². The maximum atomic E-state index is 14.1. The maximum Gasteiger partial charge on any atom is 0.225 e. The lowest BCUT2D eigenvalue weighted by atomic mass is 9.87. The summed E-state index contributed by atoms with van der Waals surface area (Å²) < 4.78 is 14.1. The predicted molar refractivity (Wildman–Crippen MR) is 97.3 cm³/mol. The Morgan fingerprint density at radius 1 is 1.24 bits per heavy atom. The molecule has 1 unspecified atom stereocenters. The number of thioether (sulfide) groups is 1. The van der Waals surface area contributed by atoms with Gasteiger partial charge in [-0.05, 0) is 29.3 Å². The lowest BCUT2D eigenvalue weighted by Gasteiger charge is -2.25. The van der Waals surface area contributed by atoms with Gasteiger partial charge < -0.3 is 5.32 Å². The molecule has 1 aliphatic rings. The van der Waals surface area contributed by atoms with Crippen LogP contribution in [-0.2, 0) is 10.5 Å². The normalized spacial score (nSPS) is 17.2. The third kappa shape index (κ3) is 4.04. The average molecular weight is 373 g/mol. The molecule has 1 atom stereocenters. The number of carbonyl (C=O) groups is 1. The number of nitrogens with one attached hydrogen (secondary N) is 1. The van der Waals surface area contributed by atoms with Gasteiger partial charge in [-0.25, -0.2) is 4.39 Å². The van der Waals surface area contributed by atoms with Gasteiger partial charge in [-0.3, -0.25) is 4.79 Å². The Morgan fingerprint density at radius 3 is 2.64 bits per heavy atom. The molecule has 1 aliphatic heterocycles. The fourth-order valence-electron chi connectivity index (χ4n) is 2.69. The van der Waals surface area contributed by atoms with Crippen LogP contribution >= 0.6 is 23.4 Å². The molecule has 1 N–H and O–H groups in total. The smallest absolute Gasteiger partial charge is 0.225 e. The number of amides is 1. The van der Waals surface area contributed by atoms with Gasteiger partial charge in [-0.1, -0.05) is 41.9 Å². The van der Waals surface area contributed by atoms with Gasteiger partial charge in [0.25, 0.3) is 0 Å². The zero-order chi connectivity index (χ0) is 17.8. The monoisotopic (exact) mass is 372 g/mol. The van der Waals surface area contributed by atoms with Gasteiger partial charge in [0.15, 0.2) is 0 Å². The van der Waals surface area contributed by atoms with Crippen LogP contribution in [0, 0.1) is 17.1 Å². The molecule has 3 nitrogen and oxygen atoms in total. The Morgan fingerprint density at radius 2 is 1.96 bits per heavy atom. The van der Waals surface area contributed by atoms with Crippen molar-refractivity contribution in [3.63, 3.8) is 0 Å². The lowest BCUT2D eigenvalue weighted by Crippen LogP contribution is -2.31. The number of hydrogen-bond donors (Lipinski definition) is 1. The Bertz CT molecular complexity index is 874. The standard InChI is InChI=1S/C19H14ClFN2OS/c20-13-7-5-12(6-8-13)11-25-19-16(10-22)15(9-18(24)23-19)14-3-1-2-4-17(14)21/h1-8,15H,9,11H2,(H,23,24). The summed E-state index contributed by atoms with van der Waals surface area (Å²) in [7, 11) is 0. The number of nitriles is 1. The third-order valence-corrected chi connectivity index (χ3v) is 5.27. The number of benzene rings is 2. The number of hydrogen-bond acceptors (Lipinski definition) is 3. The molecule has 1 amide bonds. The molecule has 2 aromatic carbocycles. The van der Waals surface area contributed by atoms with Crippen molar-refractivity contribution in [1.82, 2.24) is 5.32 Å². The van der Waals surface area contributed by atoms with E-state index in [9.17, 15) is 14.4 Å². The van der Waals surface area contributed by atoms with Crippen molar-refractivity contribution < 1.29 is 9.18 Å². The molecule has 0 aromatic heterocycles. The minimum Gasteiger partial charge on any atom is -0.320 e. The number of nitrogens with zero attached hydrogens (tertiary/aromatic N) is 1. The van der Waals surface area contributed by atoms with Gasteiger partial charge in [0.05, 0.1) is 16.7 Å². The first kappa shape index (κ1) is 17.5. The third-order valence-electron chi connectivity index (χ3n) is 3.93. The molecule has 25 heavy (non-hydrogen) atoms. The zero-order valence-corrected chi connectivity index (χ0v) is 14.7. The zero-order valence-electron chi connectivity index (χ0n) is 13.1. The Labute approximate surface area is 154 Å². The van der Waals surface area contributed by atoms with Crippen LogP contribution in [0.3, 0.4) is 0 Å². The summed E-state index contributed by atoms with van der Waals surface area (Å²) >= 11 is 7.23. The van der Waals surface area contributed by atoms with Crippen LogP contribution in [0.1, 0.15) is 23.5 Å². The topological polar surface area (TPSA) is 52.9 Å². The molecule has 0 radical (unpaired) electrons. The van der Waals surface area contributed by atoms with E-state index in [1.807, 2.05) is 12.1 Å². The van der Waals surface area contributed by atoms with Crippen LogP contribution in [0.25, 0.3) is 0 Å². The molecule has 3 rings (SSSR count). The first-order valence-electron chi connectivity index (χ1n) is 7.64. The molecule has 6 heteroatoms. The molecule has 0 bridgehead atoms. The van der Waals surface area contributed by atoms with Crippen LogP contribution in [0.5, 0.6) is 0 Å². The van der Waals surface area contributed by atoms with Crippen molar-refractivity contribution in [2.75, 3.05) is 0 Å². The van der Waals surface area contributed by atoms with Crippen LogP contribution in [0.2, 0.25) is 5.02 Å². The molecule has 0 saturated carbocycles. The molecule has 0 spiro atoms. The van der Waals surface area contributed by atoms with Crippen molar-refractivity contribution in [3.8, 4) is 6.07 Å². The number of carbonyl (C=O) groups excluding carboxylic acids is 1. The Kier molecular flexibility index (Phi) is 5.42. The maximum absolute atomic E-state index is 14.1. The van der Waals surface area contributed by atoms with Crippen LogP contribution in [-0.4, -0.2) is 5.91 Å². The molecular formula is C19H14ClFN2OS. The first-order valence-corrected chi connectivity index (χ1v) is 9.00. The van der Waals surface area contributed by atoms with Crippen molar-refractivity contribution >= 4 is 29.3 Å². The molecule has 126 valence electrons. The lowest BCUT2D eigenvalue weighted by molar-refractivity contribution is -0.120. The van der Waals surface area contributed by atoms with E-state index in [1.54, 1.807) is 30.3 Å². The predicted octanol–water partition coefficient (Wildman–Crippen LogP) is 4.75. The Balaban J connectivity index is 1.89. The second-order valence-corrected chi connectivity index (χ2v) is 7.02. The second-order valence-electron chi connectivity index (χ2n) is 5.60. The Hall–Kier alpha value is -2.29. The van der Waals surface area contributed by atoms with E-state index in [0.717, 1.165) is 5.56 Å². The highest BCUT2D eigenvalue weighted by molar-refractivity contribution is 8.02. The largest absolute Gasteiger partial charge is 0.320 e. The van der Waals surface area contributed by atoms with Gasteiger partial charge in [-0.2, -0.15) is 5.26 Å². The number of halogens is 2. The van der Waals surface area contributed by atoms with Crippen LogP contribution in [0.4, 0.5) is 4.39 Å². The van der Waals surface area contributed by atoms with E-state index >= 15 is 0 Å². The molecule has 0 fully saturated rings. The first-order chi connectivity index (χ1) is 12.1. The van der Waals surface area contributed by atoms with Gasteiger partial charge in [0.2, 0.25) is 5.91 Å². The molecule has 1 heterocycles.